The van der Waals surface area contributed by atoms with Crippen molar-refractivity contribution in [3.8, 4) is 5.75 Å². The van der Waals surface area contributed by atoms with Crippen molar-refractivity contribution >= 4 is 35.9 Å². The predicted molar refractivity (Wildman–Crippen MR) is 207 cm³/mol. The lowest BCUT2D eigenvalue weighted by molar-refractivity contribution is -0.172. The third-order valence-electron chi connectivity index (χ3n) is 8.78. The first-order valence-electron chi connectivity index (χ1n) is 19.1. The van der Waals surface area contributed by atoms with Crippen LogP contribution in [0.25, 0.3) is 0 Å². The first-order chi connectivity index (χ1) is 25.7. The number of hydrogen-bond donors (Lipinski definition) is 0. The molecule has 4 amide bonds. The molecular weight excluding hydrogens is 726 g/mol. The minimum Gasteiger partial charge on any atom is -0.496 e. The number of esters is 1. The summed E-state index contributed by atoms with van der Waals surface area (Å²) in [5, 5.41) is 0.463. The number of imide groups is 1. The molecule has 0 radical (unpaired) electrons. The highest BCUT2D eigenvalue weighted by atomic mass is 16.7. The van der Waals surface area contributed by atoms with E-state index in [2.05, 4.69) is 25.7 Å². The molecule has 2 heterocycles. The van der Waals surface area contributed by atoms with Crippen LogP contribution < -0.4 is 4.74 Å². The van der Waals surface area contributed by atoms with E-state index in [0.29, 0.717) is 24.7 Å². The Labute approximate surface area is 331 Å². The fraction of sp³-hybridized carbons (Fsp3) is 0.700. The van der Waals surface area contributed by atoms with E-state index in [1.54, 1.807) is 67.2 Å². The summed E-state index contributed by atoms with van der Waals surface area (Å²) < 4.78 is 23.3. The van der Waals surface area contributed by atoms with Crippen molar-refractivity contribution in [3.63, 3.8) is 0 Å². The number of benzene rings is 1. The normalized spacial score (nSPS) is 18.1. The largest absolute Gasteiger partial charge is 0.496 e. The zero-order valence-corrected chi connectivity index (χ0v) is 35.6. The summed E-state index contributed by atoms with van der Waals surface area (Å²) in [6.07, 6.45) is -1.23. The number of methoxy groups -OCH3 is 1. The lowest BCUT2D eigenvalue weighted by Crippen LogP contribution is -2.54. The van der Waals surface area contributed by atoms with E-state index in [1.165, 1.54) is 30.2 Å². The van der Waals surface area contributed by atoms with Crippen LogP contribution in [-0.4, -0.2) is 142 Å². The quantitative estimate of drug-likeness (QED) is 0.210. The molecule has 2 aliphatic rings. The summed E-state index contributed by atoms with van der Waals surface area (Å²) in [4.78, 5) is 91.9. The Morgan fingerprint density at radius 3 is 1.54 bits per heavy atom. The van der Waals surface area contributed by atoms with Crippen LogP contribution in [0.3, 0.4) is 0 Å². The van der Waals surface area contributed by atoms with Crippen LogP contribution in [0.4, 0.5) is 9.59 Å². The predicted octanol–water partition coefficient (Wildman–Crippen LogP) is 5.19. The molecule has 56 heavy (non-hydrogen) atoms. The average molecular weight is 790 g/mol. The minimum atomic E-state index is -1.17. The second-order valence-corrected chi connectivity index (χ2v) is 18.0. The van der Waals surface area contributed by atoms with Crippen LogP contribution in [0.5, 0.6) is 5.75 Å². The topological polar surface area (TPSA) is 165 Å². The maximum atomic E-state index is 14.5. The van der Waals surface area contributed by atoms with Gasteiger partial charge in [-0.2, -0.15) is 0 Å². The van der Waals surface area contributed by atoms with Gasteiger partial charge in [0.1, 0.15) is 28.6 Å². The number of nitrogens with zero attached hydrogens (tertiary/aromatic N) is 5. The highest BCUT2D eigenvalue weighted by molar-refractivity contribution is 6.02. The molecule has 0 N–H and O–H groups in total. The van der Waals surface area contributed by atoms with Crippen molar-refractivity contribution in [2.45, 2.75) is 124 Å². The van der Waals surface area contributed by atoms with E-state index in [-0.39, 0.29) is 68.0 Å². The van der Waals surface area contributed by atoms with Gasteiger partial charge in [0.2, 0.25) is 0 Å². The molecular formula is C40H63N5O11. The third kappa shape index (κ3) is 13.6. The van der Waals surface area contributed by atoms with Crippen LogP contribution >= 0.6 is 0 Å². The molecule has 0 saturated carbocycles. The van der Waals surface area contributed by atoms with Gasteiger partial charge in [-0.1, -0.05) is 0 Å². The summed E-state index contributed by atoms with van der Waals surface area (Å²) in [6, 6.07) is 3.19. The lowest BCUT2D eigenvalue weighted by Gasteiger charge is -2.41. The number of hydrogen-bond acceptors (Lipinski definition) is 13. The van der Waals surface area contributed by atoms with Gasteiger partial charge >= 0.3 is 24.1 Å². The standard InChI is InChI=1S/C40H63N5O11/c1-37(2,3)44-24-22-41(18-19-42(35(50)54-39(7,8)9)20-21-43(23-25-44)36(51)55-40(10,11)12)32(34(49)53-38(4,5)6)28-26-27(14-15-29(28)52-13)33(48)56-45-30(46)16-17-31(45)47/h14-15,26,32H,16-25H2,1-13H3. The van der Waals surface area contributed by atoms with E-state index in [9.17, 15) is 28.8 Å². The monoisotopic (exact) mass is 789 g/mol. The first kappa shape index (κ1) is 45.9. The maximum absolute atomic E-state index is 14.5. The molecule has 2 fully saturated rings. The molecule has 3 rings (SSSR count). The van der Waals surface area contributed by atoms with Crippen LogP contribution in [0.2, 0.25) is 0 Å². The van der Waals surface area contributed by atoms with E-state index >= 15 is 0 Å². The van der Waals surface area contributed by atoms with Gasteiger partial charge < -0.3 is 33.6 Å². The fourth-order valence-corrected chi connectivity index (χ4v) is 6.07. The summed E-state index contributed by atoms with van der Waals surface area (Å²) in [6.45, 7) is 24.0. The molecule has 16 nitrogen and oxygen atoms in total. The van der Waals surface area contributed by atoms with Crippen molar-refractivity contribution in [1.82, 2.24) is 24.7 Å². The van der Waals surface area contributed by atoms with Gasteiger partial charge in [-0.15, -0.1) is 5.06 Å². The summed E-state index contributed by atoms with van der Waals surface area (Å²) in [5.74, 6) is -2.61. The van der Waals surface area contributed by atoms with Crippen molar-refractivity contribution < 1.29 is 52.6 Å². The molecule has 2 aliphatic heterocycles. The first-order valence-corrected chi connectivity index (χ1v) is 19.1. The number of rotatable bonds is 6. The molecule has 314 valence electrons. The lowest BCUT2D eigenvalue weighted by atomic mass is 9.99. The molecule has 1 aromatic carbocycles. The van der Waals surface area contributed by atoms with Gasteiger partial charge in [0.15, 0.2) is 0 Å². The van der Waals surface area contributed by atoms with Crippen molar-refractivity contribution in [3.05, 3.63) is 29.3 Å². The van der Waals surface area contributed by atoms with E-state index in [1.807, 2.05) is 4.90 Å². The minimum absolute atomic E-state index is 0.0369. The highest BCUT2D eigenvalue weighted by Gasteiger charge is 2.38. The molecule has 1 unspecified atom stereocenters. The molecule has 2 saturated heterocycles. The molecule has 0 aliphatic carbocycles. The van der Waals surface area contributed by atoms with Gasteiger partial charge in [-0.05, 0) is 101 Å². The number of hydroxylamine groups is 2. The second kappa shape index (κ2) is 18.2. The second-order valence-electron chi connectivity index (χ2n) is 18.0. The number of ether oxygens (including phenoxy) is 4. The smallest absolute Gasteiger partial charge is 0.410 e. The van der Waals surface area contributed by atoms with Gasteiger partial charge in [-0.25, -0.2) is 19.2 Å². The Balaban J connectivity index is 2.16. The third-order valence-corrected chi connectivity index (χ3v) is 8.78. The zero-order valence-electron chi connectivity index (χ0n) is 35.6. The molecule has 1 aromatic rings. The van der Waals surface area contributed by atoms with Crippen LogP contribution in [0.15, 0.2) is 18.2 Å². The van der Waals surface area contributed by atoms with Crippen molar-refractivity contribution in [2.24, 2.45) is 0 Å². The average Bonchev–Trinajstić information content (AvgIpc) is 3.34. The van der Waals surface area contributed by atoms with E-state index in [4.69, 9.17) is 23.8 Å². The van der Waals surface area contributed by atoms with Crippen molar-refractivity contribution in [2.75, 3.05) is 59.5 Å². The fourth-order valence-electron chi connectivity index (χ4n) is 6.07. The Kier molecular flexibility index (Phi) is 14.9. The maximum Gasteiger partial charge on any atom is 0.410 e. The van der Waals surface area contributed by atoms with E-state index < -0.39 is 58.8 Å². The molecule has 0 aromatic heterocycles. The number of carbonyl (C=O) groups excluding carboxylic acids is 6. The summed E-state index contributed by atoms with van der Waals surface area (Å²) in [7, 11) is 1.43. The number of carbonyl (C=O) groups is 6. The van der Waals surface area contributed by atoms with Gasteiger partial charge in [-0.3, -0.25) is 19.4 Å². The Morgan fingerprint density at radius 1 is 0.625 bits per heavy atom. The van der Waals surface area contributed by atoms with Crippen LogP contribution in [0.1, 0.15) is 118 Å². The van der Waals surface area contributed by atoms with Crippen LogP contribution in [-0.2, 0) is 33.4 Å². The van der Waals surface area contributed by atoms with E-state index in [0.717, 1.165) is 0 Å². The van der Waals surface area contributed by atoms with Gasteiger partial charge in [0, 0.05) is 76.3 Å². The van der Waals surface area contributed by atoms with Gasteiger partial charge in [0.25, 0.3) is 11.8 Å². The molecule has 1 atom stereocenters. The Bertz CT molecular complexity index is 1590. The Hall–Kier alpha value is -4.44. The molecule has 0 spiro atoms. The summed E-state index contributed by atoms with van der Waals surface area (Å²) >= 11 is 0. The summed E-state index contributed by atoms with van der Waals surface area (Å²) in [5.41, 5.74) is -2.59. The van der Waals surface area contributed by atoms with Crippen LogP contribution in [0, 0.1) is 0 Å². The molecule has 16 heteroatoms. The van der Waals surface area contributed by atoms with Crippen molar-refractivity contribution in [1.29, 1.82) is 0 Å². The van der Waals surface area contributed by atoms with Gasteiger partial charge in [0.05, 0.1) is 12.7 Å². The molecule has 0 bridgehead atoms. The zero-order chi connectivity index (χ0) is 42.4. The number of amides is 4. The SMILES string of the molecule is COc1ccc(C(=O)ON2C(=O)CCC2=O)cc1C(C(=O)OC(C)(C)C)N1CCN(C(=O)OC(C)(C)C)CCN(C(=O)OC(C)(C)C)CCN(C(C)(C)C)CC1. The Morgan fingerprint density at radius 2 is 1.07 bits per heavy atom. The highest BCUT2D eigenvalue weighted by Crippen LogP contribution is 2.34.